The number of benzene rings is 2. The molecule has 2 amide bonds. The van der Waals surface area contributed by atoms with Crippen LogP contribution in [0.1, 0.15) is 16.1 Å². The summed E-state index contributed by atoms with van der Waals surface area (Å²) in [7, 11) is 0. The van der Waals surface area contributed by atoms with E-state index in [1.165, 1.54) is 4.90 Å². The number of aliphatic hydroxyl groups is 2. The zero-order valence-corrected chi connectivity index (χ0v) is 22.5. The summed E-state index contributed by atoms with van der Waals surface area (Å²) in [6, 6.07) is 9.23. The number of aliphatic hydroxyl groups excluding tert-OH is 2. The first-order valence-corrected chi connectivity index (χ1v) is 13.0. The minimum atomic E-state index is -0.700. The number of halogens is 2. The summed E-state index contributed by atoms with van der Waals surface area (Å²) in [5.41, 5.74) is 4.52. The minimum Gasteiger partial charge on any atom is -0.408 e. The molecular weight excluding hydrogens is 602 g/mol. The van der Waals surface area contributed by atoms with Crippen LogP contribution >= 0.6 is 43.2 Å². The van der Waals surface area contributed by atoms with E-state index in [0.717, 1.165) is 27.5 Å². The highest BCUT2D eigenvalue weighted by molar-refractivity contribution is 9.11. The van der Waals surface area contributed by atoms with Gasteiger partial charge in [0, 0.05) is 40.9 Å². The van der Waals surface area contributed by atoms with Crippen molar-refractivity contribution in [2.75, 3.05) is 31.6 Å². The summed E-state index contributed by atoms with van der Waals surface area (Å²) in [5.74, 6) is 0.0356. The quantitative estimate of drug-likeness (QED) is 0.323. The Bertz CT molecular complexity index is 1300. The van der Waals surface area contributed by atoms with Crippen LogP contribution in [0.4, 0.5) is 10.5 Å². The molecule has 1 aliphatic rings. The fraction of sp³-hybridized carbons (Fsp3) is 0.208. The standard InChI is InChI=1S/C24H21Br2N3O5S/c1-13-27-21(12-35-13)15-2-3-20-16(11-15)17(23(32)28-20)8-14-9-18(25)22(19(26)10-14)34-24(33)29(4-6-30)5-7-31/h2-3,8-12,30-31H,4-7H2,1H3,(H,28,32)/b17-8-. The second-order valence-electron chi connectivity index (χ2n) is 7.64. The number of amides is 2. The molecule has 0 unspecified atom stereocenters. The van der Waals surface area contributed by atoms with Crippen LogP contribution in [0.3, 0.4) is 0 Å². The highest BCUT2D eigenvalue weighted by Crippen LogP contribution is 2.39. The van der Waals surface area contributed by atoms with Gasteiger partial charge in [0.15, 0.2) is 5.75 Å². The van der Waals surface area contributed by atoms with E-state index < -0.39 is 6.09 Å². The van der Waals surface area contributed by atoms with E-state index in [9.17, 15) is 9.59 Å². The van der Waals surface area contributed by atoms with Gasteiger partial charge in [-0.2, -0.15) is 0 Å². The highest BCUT2D eigenvalue weighted by atomic mass is 79.9. The normalized spacial score (nSPS) is 13.6. The molecule has 0 spiro atoms. The lowest BCUT2D eigenvalue weighted by molar-refractivity contribution is -0.110. The molecule has 0 bridgehead atoms. The van der Waals surface area contributed by atoms with Crippen LogP contribution in [0.25, 0.3) is 22.9 Å². The van der Waals surface area contributed by atoms with E-state index in [0.29, 0.717) is 20.1 Å². The first-order chi connectivity index (χ1) is 16.8. The minimum absolute atomic E-state index is 0.0375. The fourth-order valence-corrected chi connectivity index (χ4v) is 5.61. The number of rotatable bonds is 7. The molecule has 0 fully saturated rings. The molecule has 1 aromatic heterocycles. The molecule has 0 atom stereocenters. The molecule has 3 N–H and O–H groups in total. The lowest BCUT2D eigenvalue weighted by atomic mass is 10.0. The van der Waals surface area contributed by atoms with Gasteiger partial charge in [0.25, 0.3) is 5.91 Å². The maximum atomic E-state index is 12.7. The number of nitrogens with zero attached hydrogens (tertiary/aromatic N) is 2. The Morgan fingerprint density at radius 3 is 2.46 bits per heavy atom. The fourth-order valence-electron chi connectivity index (χ4n) is 3.60. The Morgan fingerprint density at radius 2 is 1.86 bits per heavy atom. The molecule has 0 saturated heterocycles. The number of anilines is 1. The predicted molar refractivity (Wildman–Crippen MR) is 142 cm³/mol. The highest BCUT2D eigenvalue weighted by Gasteiger charge is 2.25. The van der Waals surface area contributed by atoms with Crippen LogP contribution in [-0.2, 0) is 4.79 Å². The largest absolute Gasteiger partial charge is 0.415 e. The van der Waals surface area contributed by atoms with Crippen molar-refractivity contribution in [1.29, 1.82) is 0 Å². The summed E-state index contributed by atoms with van der Waals surface area (Å²) in [5, 5.41) is 24.1. The molecule has 2 heterocycles. The zero-order chi connectivity index (χ0) is 25.1. The van der Waals surface area contributed by atoms with Crippen molar-refractivity contribution in [3.63, 3.8) is 0 Å². The van der Waals surface area contributed by atoms with Crippen LogP contribution in [0.2, 0.25) is 0 Å². The molecule has 0 aliphatic carbocycles. The molecule has 4 rings (SSSR count). The average molecular weight is 623 g/mol. The summed E-state index contributed by atoms with van der Waals surface area (Å²) >= 11 is 8.44. The lowest BCUT2D eigenvalue weighted by Crippen LogP contribution is -2.38. The third-order valence-electron chi connectivity index (χ3n) is 5.24. The summed E-state index contributed by atoms with van der Waals surface area (Å²) in [6.45, 7) is 1.52. The average Bonchev–Trinajstić information content (AvgIpc) is 3.38. The number of hydrogen-bond acceptors (Lipinski definition) is 7. The van der Waals surface area contributed by atoms with Crippen molar-refractivity contribution in [3.05, 3.63) is 60.8 Å². The monoisotopic (exact) mass is 621 g/mol. The number of nitrogens with one attached hydrogen (secondary N) is 1. The van der Waals surface area contributed by atoms with Crippen LogP contribution in [0.15, 0.2) is 44.7 Å². The SMILES string of the molecule is Cc1nc(-c2ccc3c(c2)/C(=C/c2cc(Br)c(OC(=O)N(CCO)CCO)c(Br)c2)C(=O)N3)cs1. The van der Waals surface area contributed by atoms with E-state index >= 15 is 0 Å². The van der Waals surface area contributed by atoms with Gasteiger partial charge in [0.1, 0.15) is 0 Å². The second kappa shape index (κ2) is 11.0. The van der Waals surface area contributed by atoms with Gasteiger partial charge < -0.3 is 25.2 Å². The first-order valence-electron chi connectivity index (χ1n) is 10.6. The maximum absolute atomic E-state index is 12.7. The number of carbonyl (C=O) groups is 2. The van der Waals surface area contributed by atoms with Gasteiger partial charge in [-0.1, -0.05) is 6.07 Å². The van der Waals surface area contributed by atoms with Crippen molar-refractivity contribution in [2.45, 2.75) is 6.92 Å². The Hall–Kier alpha value is -2.57. The van der Waals surface area contributed by atoms with Crippen molar-refractivity contribution in [1.82, 2.24) is 9.88 Å². The van der Waals surface area contributed by atoms with Gasteiger partial charge in [0.05, 0.1) is 32.9 Å². The van der Waals surface area contributed by atoms with Crippen molar-refractivity contribution in [2.24, 2.45) is 0 Å². The number of aromatic nitrogens is 1. The van der Waals surface area contributed by atoms with Crippen LogP contribution in [-0.4, -0.2) is 58.4 Å². The first kappa shape index (κ1) is 25.5. The Labute approximate surface area is 222 Å². The Morgan fingerprint density at radius 1 is 1.17 bits per heavy atom. The number of carbonyl (C=O) groups excluding carboxylic acids is 2. The number of thiazole rings is 1. The molecular formula is C24H21Br2N3O5S. The molecule has 1 aliphatic heterocycles. The number of aryl methyl sites for hydroxylation is 1. The molecule has 0 radical (unpaired) electrons. The van der Waals surface area contributed by atoms with Gasteiger partial charge in [-0.3, -0.25) is 4.79 Å². The molecule has 0 saturated carbocycles. The Balaban J connectivity index is 1.63. The van der Waals surface area contributed by atoms with Crippen LogP contribution < -0.4 is 10.1 Å². The second-order valence-corrected chi connectivity index (χ2v) is 10.4. The van der Waals surface area contributed by atoms with Gasteiger partial charge in [-0.25, -0.2) is 9.78 Å². The summed E-state index contributed by atoms with van der Waals surface area (Å²) < 4.78 is 6.46. The van der Waals surface area contributed by atoms with E-state index in [2.05, 4.69) is 42.2 Å². The molecule has 182 valence electrons. The zero-order valence-electron chi connectivity index (χ0n) is 18.5. The molecule has 35 heavy (non-hydrogen) atoms. The van der Waals surface area contributed by atoms with Gasteiger partial charge in [0.2, 0.25) is 0 Å². The maximum Gasteiger partial charge on any atom is 0.415 e. The van der Waals surface area contributed by atoms with Crippen molar-refractivity contribution >= 4 is 72.5 Å². The lowest BCUT2D eigenvalue weighted by Gasteiger charge is -2.20. The summed E-state index contributed by atoms with van der Waals surface area (Å²) in [6.07, 6.45) is 1.07. The molecule has 2 aromatic carbocycles. The topological polar surface area (TPSA) is 112 Å². The Kier molecular flexibility index (Phi) is 8.02. The summed E-state index contributed by atoms with van der Waals surface area (Å²) in [4.78, 5) is 30.9. The van der Waals surface area contributed by atoms with Gasteiger partial charge in [-0.05, 0) is 74.7 Å². The van der Waals surface area contributed by atoms with Crippen LogP contribution in [0.5, 0.6) is 5.75 Å². The van der Waals surface area contributed by atoms with E-state index in [1.807, 2.05) is 30.5 Å². The van der Waals surface area contributed by atoms with E-state index in [1.54, 1.807) is 29.5 Å². The van der Waals surface area contributed by atoms with Crippen LogP contribution in [0, 0.1) is 6.92 Å². The predicted octanol–water partition coefficient (Wildman–Crippen LogP) is 4.92. The van der Waals surface area contributed by atoms with Gasteiger partial charge >= 0.3 is 6.09 Å². The van der Waals surface area contributed by atoms with Gasteiger partial charge in [-0.15, -0.1) is 11.3 Å². The van der Waals surface area contributed by atoms with E-state index in [4.69, 9.17) is 14.9 Å². The number of hydrogen-bond donors (Lipinski definition) is 3. The molecule has 11 heteroatoms. The van der Waals surface area contributed by atoms with Crippen molar-refractivity contribution < 1.29 is 24.5 Å². The third kappa shape index (κ3) is 5.65. The number of ether oxygens (including phenoxy) is 1. The molecule has 3 aromatic rings. The number of fused-ring (bicyclic) bond motifs is 1. The third-order valence-corrected chi connectivity index (χ3v) is 7.19. The smallest absolute Gasteiger partial charge is 0.408 e. The molecule has 8 nitrogen and oxygen atoms in total. The van der Waals surface area contributed by atoms with E-state index in [-0.39, 0.29) is 38.0 Å². The van der Waals surface area contributed by atoms with Crippen molar-refractivity contribution in [3.8, 4) is 17.0 Å².